The molecule has 5 heteroatoms. The molecule has 146 valence electrons. The summed E-state index contributed by atoms with van der Waals surface area (Å²) in [7, 11) is 0. The van der Waals surface area contributed by atoms with E-state index in [0.717, 1.165) is 24.1 Å². The fraction of sp³-hybridized carbons (Fsp3) is 0.125. The highest BCUT2D eigenvalue weighted by atomic mass is 16.2. The third-order valence-electron chi connectivity index (χ3n) is 4.33. The number of hydrazone groups is 1. The maximum Gasteiger partial charge on any atom is 0.271 e. The molecule has 29 heavy (non-hydrogen) atoms. The van der Waals surface area contributed by atoms with Crippen molar-refractivity contribution in [2.45, 2.75) is 19.8 Å². The molecule has 0 heterocycles. The molecule has 0 aliphatic rings. The number of benzene rings is 3. The summed E-state index contributed by atoms with van der Waals surface area (Å²) in [4.78, 5) is 24.6. The largest absolute Gasteiger partial charge is 0.322 e. The number of hydrogen-bond acceptors (Lipinski definition) is 3. The third kappa shape index (κ3) is 5.62. The van der Waals surface area contributed by atoms with E-state index in [2.05, 4.69) is 22.8 Å². The minimum Gasteiger partial charge on any atom is -0.322 e. The minimum absolute atomic E-state index is 0.195. The predicted molar refractivity (Wildman–Crippen MR) is 116 cm³/mol. The molecule has 0 atom stereocenters. The molecule has 0 aromatic heterocycles. The Morgan fingerprint density at radius 2 is 1.28 bits per heavy atom. The Balaban J connectivity index is 1.64. The van der Waals surface area contributed by atoms with Gasteiger partial charge in [-0.15, -0.1) is 0 Å². The SMILES string of the molecule is CCC/C(=N\NC(=O)c1ccc(NC(=O)c2ccccc2)cc1)c1ccccc1. The van der Waals surface area contributed by atoms with Gasteiger partial charge < -0.3 is 5.32 Å². The Morgan fingerprint density at radius 1 is 0.724 bits per heavy atom. The summed E-state index contributed by atoms with van der Waals surface area (Å²) in [5.41, 5.74) is 6.13. The zero-order valence-corrected chi connectivity index (χ0v) is 16.3. The first-order chi connectivity index (χ1) is 14.2. The Bertz CT molecular complexity index is 982. The van der Waals surface area contributed by atoms with Crippen LogP contribution in [0.25, 0.3) is 0 Å². The molecule has 0 bridgehead atoms. The molecule has 0 unspecified atom stereocenters. The lowest BCUT2D eigenvalue weighted by Crippen LogP contribution is -2.20. The Hall–Kier alpha value is -3.73. The lowest BCUT2D eigenvalue weighted by atomic mass is 10.1. The molecule has 0 aliphatic heterocycles. The first kappa shape index (κ1) is 20.0. The Labute approximate surface area is 170 Å². The van der Waals surface area contributed by atoms with Gasteiger partial charge in [-0.3, -0.25) is 9.59 Å². The molecular weight excluding hydrogens is 362 g/mol. The van der Waals surface area contributed by atoms with Gasteiger partial charge >= 0.3 is 0 Å². The fourth-order valence-corrected chi connectivity index (χ4v) is 2.81. The van der Waals surface area contributed by atoms with E-state index in [1.807, 2.05) is 48.5 Å². The maximum atomic E-state index is 12.4. The zero-order chi connectivity index (χ0) is 20.5. The summed E-state index contributed by atoms with van der Waals surface area (Å²) in [5.74, 6) is -0.491. The van der Waals surface area contributed by atoms with E-state index in [-0.39, 0.29) is 11.8 Å². The molecule has 3 aromatic carbocycles. The van der Waals surface area contributed by atoms with Crippen molar-refractivity contribution in [1.29, 1.82) is 0 Å². The Morgan fingerprint density at radius 3 is 1.86 bits per heavy atom. The average Bonchev–Trinajstić information content (AvgIpc) is 2.78. The van der Waals surface area contributed by atoms with E-state index in [9.17, 15) is 9.59 Å². The van der Waals surface area contributed by atoms with Crippen molar-refractivity contribution < 1.29 is 9.59 Å². The molecule has 0 aliphatic carbocycles. The van der Waals surface area contributed by atoms with Crippen molar-refractivity contribution in [1.82, 2.24) is 5.43 Å². The van der Waals surface area contributed by atoms with E-state index >= 15 is 0 Å². The second-order valence-corrected chi connectivity index (χ2v) is 6.51. The van der Waals surface area contributed by atoms with Crippen molar-refractivity contribution in [2.24, 2.45) is 5.10 Å². The fourth-order valence-electron chi connectivity index (χ4n) is 2.81. The van der Waals surface area contributed by atoms with Crippen molar-refractivity contribution in [3.05, 3.63) is 102 Å². The summed E-state index contributed by atoms with van der Waals surface area (Å²) >= 11 is 0. The van der Waals surface area contributed by atoms with Crippen LogP contribution in [-0.4, -0.2) is 17.5 Å². The van der Waals surface area contributed by atoms with Crippen LogP contribution in [0, 0.1) is 0 Å². The van der Waals surface area contributed by atoms with Gasteiger partial charge in [0, 0.05) is 16.8 Å². The number of hydrogen-bond donors (Lipinski definition) is 2. The minimum atomic E-state index is -0.296. The second-order valence-electron chi connectivity index (χ2n) is 6.51. The maximum absolute atomic E-state index is 12.4. The van der Waals surface area contributed by atoms with Gasteiger partial charge in [0.15, 0.2) is 0 Å². The van der Waals surface area contributed by atoms with Crippen molar-refractivity contribution in [2.75, 3.05) is 5.32 Å². The normalized spacial score (nSPS) is 11.0. The topological polar surface area (TPSA) is 70.6 Å². The van der Waals surface area contributed by atoms with E-state index in [1.54, 1.807) is 36.4 Å². The van der Waals surface area contributed by atoms with E-state index in [4.69, 9.17) is 0 Å². The predicted octanol–water partition coefficient (Wildman–Crippen LogP) is 4.87. The van der Waals surface area contributed by atoms with Crippen LogP contribution in [0.15, 0.2) is 90.0 Å². The second kappa shape index (κ2) is 9.99. The van der Waals surface area contributed by atoms with Crippen molar-refractivity contribution in [3.63, 3.8) is 0 Å². The number of amides is 2. The van der Waals surface area contributed by atoms with Crippen LogP contribution in [0.2, 0.25) is 0 Å². The van der Waals surface area contributed by atoms with Crippen LogP contribution in [-0.2, 0) is 0 Å². The van der Waals surface area contributed by atoms with Crippen LogP contribution >= 0.6 is 0 Å². The number of nitrogens with one attached hydrogen (secondary N) is 2. The van der Waals surface area contributed by atoms with Crippen molar-refractivity contribution >= 4 is 23.2 Å². The zero-order valence-electron chi connectivity index (χ0n) is 16.3. The van der Waals surface area contributed by atoms with Gasteiger partial charge in [0.05, 0.1) is 5.71 Å². The standard InChI is InChI=1S/C24H23N3O2/c1-2-9-22(18-10-5-3-6-11-18)26-27-24(29)20-14-16-21(17-15-20)25-23(28)19-12-7-4-8-13-19/h3-8,10-17H,2,9H2,1H3,(H,25,28)(H,27,29)/b26-22+. The van der Waals surface area contributed by atoms with Crippen molar-refractivity contribution in [3.8, 4) is 0 Å². The Kier molecular flexibility index (Phi) is 6.90. The number of nitrogens with zero attached hydrogens (tertiary/aromatic N) is 1. The van der Waals surface area contributed by atoms with Gasteiger partial charge in [-0.25, -0.2) is 5.43 Å². The average molecular weight is 385 g/mol. The van der Waals surface area contributed by atoms with Gasteiger partial charge in [0.25, 0.3) is 11.8 Å². The lowest BCUT2D eigenvalue weighted by Gasteiger charge is -2.08. The highest BCUT2D eigenvalue weighted by molar-refractivity contribution is 6.05. The summed E-state index contributed by atoms with van der Waals surface area (Å²) in [6.45, 7) is 2.07. The van der Waals surface area contributed by atoms with Gasteiger partial charge in [0.2, 0.25) is 0 Å². The molecule has 5 nitrogen and oxygen atoms in total. The molecule has 0 fully saturated rings. The quantitative estimate of drug-likeness (QED) is 0.450. The molecule has 3 aromatic rings. The molecule has 3 rings (SSSR count). The van der Waals surface area contributed by atoms with Crippen LogP contribution in [0.5, 0.6) is 0 Å². The first-order valence-corrected chi connectivity index (χ1v) is 9.56. The number of anilines is 1. The smallest absolute Gasteiger partial charge is 0.271 e. The van der Waals surface area contributed by atoms with Crippen LogP contribution in [0.1, 0.15) is 46.0 Å². The monoisotopic (exact) mass is 385 g/mol. The molecule has 2 N–H and O–H groups in total. The molecule has 0 spiro atoms. The molecule has 0 radical (unpaired) electrons. The van der Waals surface area contributed by atoms with Gasteiger partial charge in [-0.05, 0) is 48.4 Å². The number of carbonyl (C=O) groups excluding carboxylic acids is 2. The molecule has 2 amide bonds. The van der Waals surface area contributed by atoms with Crippen LogP contribution in [0.3, 0.4) is 0 Å². The lowest BCUT2D eigenvalue weighted by molar-refractivity contribution is 0.0954. The van der Waals surface area contributed by atoms with E-state index in [1.165, 1.54) is 0 Å². The highest BCUT2D eigenvalue weighted by Crippen LogP contribution is 2.12. The first-order valence-electron chi connectivity index (χ1n) is 9.56. The summed E-state index contributed by atoms with van der Waals surface area (Å²) in [5, 5.41) is 7.13. The number of rotatable bonds is 7. The van der Waals surface area contributed by atoms with Gasteiger partial charge in [-0.2, -0.15) is 5.10 Å². The van der Waals surface area contributed by atoms with Gasteiger partial charge in [-0.1, -0.05) is 61.9 Å². The summed E-state index contributed by atoms with van der Waals surface area (Å²) in [6.07, 6.45) is 1.70. The third-order valence-corrected chi connectivity index (χ3v) is 4.33. The van der Waals surface area contributed by atoms with Gasteiger partial charge in [0.1, 0.15) is 0 Å². The molecular formula is C24H23N3O2. The summed E-state index contributed by atoms with van der Waals surface area (Å²) in [6, 6.07) is 25.5. The van der Waals surface area contributed by atoms with Crippen LogP contribution < -0.4 is 10.7 Å². The molecule has 0 saturated carbocycles. The molecule has 0 saturated heterocycles. The highest BCUT2D eigenvalue weighted by Gasteiger charge is 2.09. The van der Waals surface area contributed by atoms with Crippen LogP contribution in [0.4, 0.5) is 5.69 Å². The van der Waals surface area contributed by atoms with E-state index < -0.39 is 0 Å². The summed E-state index contributed by atoms with van der Waals surface area (Å²) < 4.78 is 0. The number of carbonyl (C=O) groups is 2. The van der Waals surface area contributed by atoms with E-state index in [0.29, 0.717) is 16.8 Å².